The van der Waals surface area contributed by atoms with Crippen molar-refractivity contribution in [2.45, 2.75) is 12.8 Å². The van der Waals surface area contributed by atoms with Gasteiger partial charge < -0.3 is 5.11 Å². The first-order chi connectivity index (χ1) is 5.85. The molecule has 0 bridgehead atoms. The van der Waals surface area contributed by atoms with E-state index in [0.29, 0.717) is 32.5 Å². The Bertz CT molecular complexity index is 180. The van der Waals surface area contributed by atoms with E-state index in [9.17, 15) is 0 Å². The lowest BCUT2D eigenvalue weighted by Crippen LogP contribution is -2.26. The quantitative estimate of drug-likeness (QED) is 0.570. The Kier molecular flexibility index (Phi) is 7.27. The van der Waals surface area contributed by atoms with Crippen LogP contribution in [0.1, 0.15) is 12.8 Å². The molecular formula is C8H13N3O. The van der Waals surface area contributed by atoms with E-state index in [0.717, 1.165) is 0 Å². The standard InChI is InChI=1S/C8H13N3O/c9-3-1-5-11(7-4-10)6-2-8-12/h12H,1-2,5-8H2. The van der Waals surface area contributed by atoms with Gasteiger partial charge in [-0.15, -0.1) is 0 Å². The smallest absolute Gasteiger partial charge is 0.0866 e. The molecule has 0 rings (SSSR count). The van der Waals surface area contributed by atoms with E-state index in [-0.39, 0.29) is 6.61 Å². The van der Waals surface area contributed by atoms with Crippen molar-refractivity contribution in [1.29, 1.82) is 10.5 Å². The minimum Gasteiger partial charge on any atom is -0.396 e. The second-order valence-corrected chi connectivity index (χ2v) is 2.42. The lowest BCUT2D eigenvalue weighted by Gasteiger charge is -2.15. The van der Waals surface area contributed by atoms with Gasteiger partial charge in [-0.2, -0.15) is 10.5 Å². The number of rotatable bonds is 6. The Morgan fingerprint density at radius 2 is 1.92 bits per heavy atom. The fourth-order valence-corrected chi connectivity index (χ4v) is 0.872. The molecule has 0 fully saturated rings. The van der Waals surface area contributed by atoms with Crippen molar-refractivity contribution in [2.24, 2.45) is 0 Å². The Hall–Kier alpha value is -1.10. The zero-order chi connectivity index (χ0) is 9.23. The van der Waals surface area contributed by atoms with Gasteiger partial charge in [0.15, 0.2) is 0 Å². The van der Waals surface area contributed by atoms with Gasteiger partial charge >= 0.3 is 0 Å². The van der Waals surface area contributed by atoms with Gasteiger partial charge in [0.2, 0.25) is 0 Å². The Labute approximate surface area is 72.6 Å². The molecule has 0 spiro atoms. The molecule has 1 N–H and O–H groups in total. The van der Waals surface area contributed by atoms with E-state index in [4.69, 9.17) is 15.6 Å². The molecule has 0 saturated heterocycles. The third kappa shape index (κ3) is 5.67. The molecule has 66 valence electrons. The molecule has 0 heterocycles. The van der Waals surface area contributed by atoms with Crippen LogP contribution in [-0.4, -0.2) is 36.2 Å². The predicted octanol–water partition coefficient (Wildman–Crippen LogP) is 0.108. The topological polar surface area (TPSA) is 71.0 Å². The van der Waals surface area contributed by atoms with E-state index in [1.54, 1.807) is 0 Å². The summed E-state index contributed by atoms with van der Waals surface area (Å²) >= 11 is 0. The average Bonchev–Trinajstić information content (AvgIpc) is 2.10. The van der Waals surface area contributed by atoms with Gasteiger partial charge in [-0.25, -0.2) is 0 Å². The number of aliphatic hydroxyl groups is 1. The fourth-order valence-electron chi connectivity index (χ4n) is 0.872. The average molecular weight is 167 g/mol. The van der Waals surface area contributed by atoms with Gasteiger partial charge in [-0.05, 0) is 6.42 Å². The first-order valence-electron chi connectivity index (χ1n) is 3.92. The number of nitrogens with zero attached hydrogens (tertiary/aromatic N) is 3. The molecule has 0 atom stereocenters. The van der Waals surface area contributed by atoms with Crippen molar-refractivity contribution < 1.29 is 5.11 Å². The zero-order valence-electron chi connectivity index (χ0n) is 7.03. The van der Waals surface area contributed by atoms with Gasteiger partial charge in [-0.3, -0.25) is 4.90 Å². The van der Waals surface area contributed by atoms with Gasteiger partial charge in [0.05, 0.1) is 18.7 Å². The molecule has 12 heavy (non-hydrogen) atoms. The van der Waals surface area contributed by atoms with Gasteiger partial charge in [0.25, 0.3) is 0 Å². The molecule has 4 heteroatoms. The van der Waals surface area contributed by atoms with Crippen LogP contribution in [0.15, 0.2) is 0 Å². The summed E-state index contributed by atoms with van der Waals surface area (Å²) < 4.78 is 0. The lowest BCUT2D eigenvalue weighted by molar-refractivity contribution is 0.240. The van der Waals surface area contributed by atoms with Crippen LogP contribution < -0.4 is 0 Å². The predicted molar refractivity (Wildman–Crippen MR) is 44.0 cm³/mol. The molecule has 0 aromatic rings. The molecule has 0 aromatic carbocycles. The first kappa shape index (κ1) is 10.9. The summed E-state index contributed by atoms with van der Waals surface area (Å²) in [6.07, 6.45) is 1.10. The molecular weight excluding hydrogens is 154 g/mol. The zero-order valence-corrected chi connectivity index (χ0v) is 7.03. The van der Waals surface area contributed by atoms with E-state index < -0.39 is 0 Å². The van der Waals surface area contributed by atoms with Crippen LogP contribution in [0, 0.1) is 22.7 Å². The minimum absolute atomic E-state index is 0.133. The van der Waals surface area contributed by atoms with E-state index in [1.807, 2.05) is 17.0 Å². The van der Waals surface area contributed by atoms with Crippen molar-refractivity contribution in [3.05, 3.63) is 0 Å². The SMILES string of the molecule is N#CCCN(CC#N)CCCO. The maximum atomic E-state index is 8.53. The van der Waals surface area contributed by atoms with Crippen LogP contribution in [0.4, 0.5) is 0 Å². The van der Waals surface area contributed by atoms with Gasteiger partial charge in [0.1, 0.15) is 0 Å². The van der Waals surface area contributed by atoms with Gasteiger partial charge in [-0.1, -0.05) is 0 Å². The number of nitriles is 2. The fraction of sp³-hybridized carbons (Fsp3) is 0.750. The number of hydrogen-bond acceptors (Lipinski definition) is 4. The third-order valence-corrected chi connectivity index (χ3v) is 1.47. The Balaban J connectivity index is 3.57. The Morgan fingerprint density at radius 3 is 2.42 bits per heavy atom. The molecule has 0 unspecified atom stereocenters. The van der Waals surface area contributed by atoms with Crippen molar-refractivity contribution in [3.8, 4) is 12.1 Å². The normalized spacial score (nSPS) is 9.33. The van der Waals surface area contributed by atoms with E-state index in [2.05, 4.69) is 0 Å². The first-order valence-corrected chi connectivity index (χ1v) is 3.92. The van der Waals surface area contributed by atoms with Crippen LogP contribution in [-0.2, 0) is 0 Å². The molecule has 4 nitrogen and oxygen atoms in total. The second kappa shape index (κ2) is 8.00. The molecule has 0 radical (unpaired) electrons. The van der Waals surface area contributed by atoms with Crippen LogP contribution in [0.25, 0.3) is 0 Å². The highest BCUT2D eigenvalue weighted by Crippen LogP contribution is 1.92. The van der Waals surface area contributed by atoms with Crippen molar-refractivity contribution in [1.82, 2.24) is 4.90 Å². The summed E-state index contributed by atoms with van der Waals surface area (Å²) in [5.41, 5.74) is 0. The minimum atomic E-state index is 0.133. The van der Waals surface area contributed by atoms with Crippen LogP contribution in [0.3, 0.4) is 0 Å². The molecule has 0 saturated carbocycles. The largest absolute Gasteiger partial charge is 0.396 e. The highest BCUT2D eigenvalue weighted by molar-refractivity contribution is 4.79. The third-order valence-electron chi connectivity index (χ3n) is 1.47. The molecule has 0 aliphatic carbocycles. The van der Waals surface area contributed by atoms with Crippen molar-refractivity contribution >= 4 is 0 Å². The molecule has 0 amide bonds. The number of hydrogen-bond donors (Lipinski definition) is 1. The van der Waals surface area contributed by atoms with Crippen LogP contribution in [0.2, 0.25) is 0 Å². The number of aliphatic hydroxyl groups excluding tert-OH is 1. The van der Waals surface area contributed by atoms with Gasteiger partial charge in [0, 0.05) is 26.1 Å². The summed E-state index contributed by atoms with van der Waals surface area (Å²) in [6, 6.07) is 4.04. The summed E-state index contributed by atoms with van der Waals surface area (Å²) in [5.74, 6) is 0. The summed E-state index contributed by atoms with van der Waals surface area (Å²) in [6.45, 7) is 1.77. The Morgan fingerprint density at radius 1 is 1.17 bits per heavy atom. The maximum Gasteiger partial charge on any atom is 0.0866 e. The molecule has 0 aliphatic heterocycles. The van der Waals surface area contributed by atoms with Crippen molar-refractivity contribution in [3.63, 3.8) is 0 Å². The summed E-state index contributed by atoms with van der Waals surface area (Å²) in [4.78, 5) is 1.86. The molecule has 0 aliphatic rings. The summed E-state index contributed by atoms with van der Waals surface area (Å²) in [5, 5.41) is 25.2. The lowest BCUT2D eigenvalue weighted by atomic mass is 10.3. The molecule has 0 aromatic heterocycles. The van der Waals surface area contributed by atoms with Crippen LogP contribution >= 0.6 is 0 Å². The monoisotopic (exact) mass is 167 g/mol. The van der Waals surface area contributed by atoms with Crippen molar-refractivity contribution in [2.75, 3.05) is 26.2 Å². The highest BCUT2D eigenvalue weighted by atomic mass is 16.3. The van der Waals surface area contributed by atoms with E-state index >= 15 is 0 Å². The highest BCUT2D eigenvalue weighted by Gasteiger charge is 2.01. The van der Waals surface area contributed by atoms with E-state index in [1.165, 1.54) is 0 Å². The van der Waals surface area contributed by atoms with Crippen LogP contribution in [0.5, 0.6) is 0 Å². The maximum absolute atomic E-state index is 8.53. The second-order valence-electron chi connectivity index (χ2n) is 2.42. The summed E-state index contributed by atoms with van der Waals surface area (Å²) in [7, 11) is 0.